The van der Waals surface area contributed by atoms with Gasteiger partial charge in [0.05, 0.1) is 11.0 Å². The molecule has 0 fully saturated rings. The zero-order valence-corrected chi connectivity index (χ0v) is 18.3. The van der Waals surface area contributed by atoms with Gasteiger partial charge in [0.15, 0.2) is 0 Å². The highest BCUT2D eigenvalue weighted by molar-refractivity contribution is 5.85. The molecule has 1 heterocycles. The van der Waals surface area contributed by atoms with Crippen LogP contribution >= 0.6 is 0 Å². The van der Waals surface area contributed by atoms with Crippen molar-refractivity contribution in [2.45, 2.75) is 39.8 Å². The third kappa shape index (κ3) is 4.40. The Hall–Kier alpha value is -3.54. The van der Waals surface area contributed by atoms with Crippen LogP contribution in [0.4, 0.5) is 8.78 Å². The van der Waals surface area contributed by atoms with Crippen molar-refractivity contribution < 1.29 is 13.6 Å². The van der Waals surface area contributed by atoms with Gasteiger partial charge in [0.1, 0.15) is 23.5 Å². The number of nitrogens with one attached hydrogen (secondary N) is 1. The average molecular weight is 434 g/mol. The molecule has 1 aromatic heterocycles. The minimum absolute atomic E-state index is 0.193. The van der Waals surface area contributed by atoms with E-state index in [0.717, 1.165) is 27.7 Å². The number of amides is 1. The Balaban J connectivity index is 1.68. The summed E-state index contributed by atoms with van der Waals surface area (Å²) in [5.41, 5.74) is 5.14. The number of carbonyl (C=O) groups excluding carboxylic acids is 1. The van der Waals surface area contributed by atoms with Crippen LogP contribution in [0.25, 0.3) is 11.0 Å². The molecule has 0 spiro atoms. The molecule has 0 saturated heterocycles. The predicted octanol–water partition coefficient (Wildman–Crippen LogP) is 5.40. The molecular formula is C26H25F2N3O. The molecular weight excluding hydrogens is 408 g/mol. The number of hydrogen-bond acceptors (Lipinski definition) is 2. The summed E-state index contributed by atoms with van der Waals surface area (Å²) in [6, 6.07) is 16.1. The fraction of sp³-hybridized carbons (Fsp3) is 0.231. The number of carbonyl (C=O) groups is 1. The summed E-state index contributed by atoms with van der Waals surface area (Å²) in [7, 11) is 0. The second-order valence-electron chi connectivity index (χ2n) is 8.11. The van der Waals surface area contributed by atoms with Crippen molar-refractivity contribution in [1.29, 1.82) is 0 Å². The summed E-state index contributed by atoms with van der Waals surface area (Å²) in [5.74, 6) is -0.185. The first-order chi connectivity index (χ1) is 15.3. The zero-order chi connectivity index (χ0) is 22.8. The van der Waals surface area contributed by atoms with Crippen LogP contribution in [0.5, 0.6) is 0 Å². The van der Waals surface area contributed by atoms with Crippen LogP contribution in [0.1, 0.15) is 41.0 Å². The number of nitrogens with zero attached hydrogens (tertiary/aromatic N) is 2. The highest BCUT2D eigenvalue weighted by Crippen LogP contribution is 2.26. The maximum absolute atomic E-state index is 14.3. The van der Waals surface area contributed by atoms with Gasteiger partial charge in [-0.1, -0.05) is 30.3 Å². The van der Waals surface area contributed by atoms with E-state index in [-0.39, 0.29) is 30.5 Å². The molecule has 0 bridgehead atoms. The van der Waals surface area contributed by atoms with Crippen LogP contribution < -0.4 is 5.32 Å². The molecule has 1 atom stereocenters. The molecule has 1 unspecified atom stereocenters. The maximum Gasteiger partial charge on any atom is 0.243 e. The van der Waals surface area contributed by atoms with Crippen LogP contribution in [0.15, 0.2) is 60.7 Å². The molecule has 1 amide bonds. The number of rotatable bonds is 6. The molecule has 3 aromatic carbocycles. The standard InChI is InChI=1S/C26H25F2N3O/c1-16-12-23-24(13-17(16)2)31(25(30-23)14-20-6-4-5-7-22(20)28)18(3)26(32)29-15-19-8-10-21(27)11-9-19/h4-13,18H,14-15H2,1-3H3,(H,29,32). The Labute approximate surface area is 185 Å². The summed E-state index contributed by atoms with van der Waals surface area (Å²) in [4.78, 5) is 17.8. The first kappa shape index (κ1) is 21.7. The van der Waals surface area contributed by atoms with E-state index in [1.807, 2.05) is 30.5 Å². The molecule has 4 nitrogen and oxygen atoms in total. The van der Waals surface area contributed by atoms with Gasteiger partial charge in [-0.05, 0) is 73.4 Å². The SMILES string of the molecule is Cc1cc2nc(Cc3ccccc3F)n(C(C)C(=O)NCc3ccc(F)cc3)c2cc1C. The van der Waals surface area contributed by atoms with E-state index in [1.54, 1.807) is 37.3 Å². The van der Waals surface area contributed by atoms with E-state index in [0.29, 0.717) is 11.4 Å². The van der Waals surface area contributed by atoms with Crippen molar-refractivity contribution in [2.24, 2.45) is 0 Å². The van der Waals surface area contributed by atoms with Crippen molar-refractivity contribution in [1.82, 2.24) is 14.9 Å². The van der Waals surface area contributed by atoms with Crippen LogP contribution in [0.2, 0.25) is 0 Å². The number of fused-ring (bicyclic) bond motifs is 1. The van der Waals surface area contributed by atoms with Gasteiger partial charge in [0.2, 0.25) is 5.91 Å². The molecule has 32 heavy (non-hydrogen) atoms. The quantitative estimate of drug-likeness (QED) is 0.443. The molecule has 0 aliphatic heterocycles. The molecule has 4 rings (SSSR count). The molecule has 164 valence electrons. The second-order valence-corrected chi connectivity index (χ2v) is 8.11. The third-order valence-corrected chi connectivity index (χ3v) is 5.83. The molecule has 4 aromatic rings. The highest BCUT2D eigenvalue weighted by atomic mass is 19.1. The molecule has 6 heteroatoms. The van der Waals surface area contributed by atoms with Crippen LogP contribution in [0.3, 0.4) is 0 Å². The summed E-state index contributed by atoms with van der Waals surface area (Å²) in [6.45, 7) is 6.13. The molecule has 0 saturated carbocycles. The first-order valence-electron chi connectivity index (χ1n) is 10.6. The molecule has 0 aliphatic rings. The van der Waals surface area contributed by atoms with Crippen molar-refractivity contribution >= 4 is 16.9 Å². The topological polar surface area (TPSA) is 46.9 Å². The Morgan fingerprint density at radius 3 is 2.44 bits per heavy atom. The van der Waals surface area contributed by atoms with Crippen LogP contribution in [-0.2, 0) is 17.8 Å². The van der Waals surface area contributed by atoms with E-state index >= 15 is 0 Å². The lowest BCUT2D eigenvalue weighted by molar-refractivity contribution is -0.124. The smallest absolute Gasteiger partial charge is 0.243 e. The first-order valence-corrected chi connectivity index (χ1v) is 10.6. The average Bonchev–Trinajstić information content (AvgIpc) is 3.11. The molecule has 0 aliphatic carbocycles. The van der Waals surface area contributed by atoms with Gasteiger partial charge < -0.3 is 9.88 Å². The number of halogens is 2. The number of aromatic nitrogens is 2. The van der Waals surface area contributed by atoms with E-state index in [9.17, 15) is 13.6 Å². The Morgan fingerprint density at radius 1 is 1.03 bits per heavy atom. The largest absolute Gasteiger partial charge is 0.350 e. The zero-order valence-electron chi connectivity index (χ0n) is 18.3. The van der Waals surface area contributed by atoms with Crippen LogP contribution in [-0.4, -0.2) is 15.5 Å². The minimum atomic E-state index is -0.565. The Kier molecular flexibility index (Phi) is 6.04. The van der Waals surface area contributed by atoms with Gasteiger partial charge in [0, 0.05) is 13.0 Å². The van der Waals surface area contributed by atoms with Gasteiger partial charge in [-0.25, -0.2) is 13.8 Å². The Morgan fingerprint density at radius 2 is 1.72 bits per heavy atom. The summed E-state index contributed by atoms with van der Waals surface area (Å²) < 4.78 is 29.4. The van der Waals surface area contributed by atoms with E-state index in [4.69, 9.17) is 4.98 Å². The van der Waals surface area contributed by atoms with Crippen molar-refractivity contribution in [3.8, 4) is 0 Å². The fourth-order valence-corrected chi connectivity index (χ4v) is 3.83. The lowest BCUT2D eigenvalue weighted by Gasteiger charge is -2.18. The fourth-order valence-electron chi connectivity index (χ4n) is 3.83. The summed E-state index contributed by atoms with van der Waals surface area (Å²) in [5, 5.41) is 2.92. The lowest BCUT2D eigenvalue weighted by atomic mass is 10.1. The third-order valence-electron chi connectivity index (χ3n) is 5.83. The van der Waals surface area contributed by atoms with Crippen molar-refractivity contribution in [2.75, 3.05) is 0 Å². The summed E-state index contributed by atoms with van der Waals surface area (Å²) in [6.07, 6.45) is 0.273. The van der Waals surface area contributed by atoms with E-state index < -0.39 is 6.04 Å². The number of hydrogen-bond donors (Lipinski definition) is 1. The lowest BCUT2D eigenvalue weighted by Crippen LogP contribution is -2.31. The van der Waals surface area contributed by atoms with Gasteiger partial charge >= 0.3 is 0 Å². The van der Waals surface area contributed by atoms with E-state index in [1.165, 1.54) is 18.2 Å². The number of imidazole rings is 1. The highest BCUT2D eigenvalue weighted by Gasteiger charge is 2.23. The van der Waals surface area contributed by atoms with Gasteiger partial charge in [0.25, 0.3) is 0 Å². The predicted molar refractivity (Wildman–Crippen MR) is 121 cm³/mol. The van der Waals surface area contributed by atoms with Gasteiger partial charge in [-0.15, -0.1) is 0 Å². The van der Waals surface area contributed by atoms with E-state index in [2.05, 4.69) is 5.32 Å². The molecule has 0 radical (unpaired) electrons. The Bertz CT molecular complexity index is 1280. The maximum atomic E-state index is 14.3. The second kappa shape index (κ2) is 8.91. The monoisotopic (exact) mass is 433 g/mol. The summed E-state index contributed by atoms with van der Waals surface area (Å²) >= 11 is 0. The van der Waals surface area contributed by atoms with Crippen molar-refractivity contribution in [3.63, 3.8) is 0 Å². The normalized spacial score (nSPS) is 12.2. The number of benzene rings is 3. The van der Waals surface area contributed by atoms with Crippen LogP contribution in [0, 0.1) is 25.5 Å². The minimum Gasteiger partial charge on any atom is -0.350 e. The van der Waals surface area contributed by atoms with Crippen molar-refractivity contribution in [3.05, 3.63) is 100 Å². The van der Waals surface area contributed by atoms with Gasteiger partial charge in [-0.3, -0.25) is 4.79 Å². The number of aryl methyl sites for hydroxylation is 2. The van der Waals surface area contributed by atoms with Gasteiger partial charge in [-0.2, -0.15) is 0 Å². The molecule has 1 N–H and O–H groups in total.